The Bertz CT molecular complexity index is 1400. The van der Waals surface area contributed by atoms with Crippen LogP contribution in [0.4, 0.5) is 15.8 Å². The number of ether oxygens (including phenoxy) is 2. The summed E-state index contributed by atoms with van der Waals surface area (Å²) in [4.78, 5) is 13.8. The largest absolute Gasteiger partial charge is 0.506 e. The number of allylic oxidation sites excluding steroid dienone is 1. The van der Waals surface area contributed by atoms with E-state index in [1.54, 1.807) is 30.3 Å². The van der Waals surface area contributed by atoms with Crippen LogP contribution in [0.3, 0.4) is 0 Å². The van der Waals surface area contributed by atoms with Crippen molar-refractivity contribution in [1.29, 1.82) is 0 Å². The van der Waals surface area contributed by atoms with E-state index in [1.807, 2.05) is 30.3 Å². The predicted octanol–water partition coefficient (Wildman–Crippen LogP) is 8.34. The lowest BCUT2D eigenvalue weighted by atomic mass is 9.85. The van der Waals surface area contributed by atoms with Gasteiger partial charge in [0.2, 0.25) is 6.41 Å². The molecule has 0 radical (unpaired) electrons. The number of nitrogens with zero attached hydrogens (tertiary/aromatic N) is 1. The Morgan fingerprint density at radius 2 is 1.83 bits per heavy atom. The number of nitrogens with one attached hydrogen (secondary N) is 1. The maximum Gasteiger partial charge on any atom is 0.215 e. The average Bonchev–Trinajstić information content (AvgIpc) is 3.06. The van der Waals surface area contributed by atoms with Gasteiger partial charge in [0.15, 0.2) is 0 Å². The zero-order chi connectivity index (χ0) is 29.8. The number of carbonyl (C=O) groups is 1. The van der Waals surface area contributed by atoms with Crippen molar-refractivity contribution in [2.45, 2.75) is 67.0 Å². The van der Waals surface area contributed by atoms with Crippen LogP contribution >= 0.6 is 0 Å². The summed E-state index contributed by atoms with van der Waals surface area (Å²) in [6, 6.07) is 18.3. The van der Waals surface area contributed by atoms with E-state index in [1.165, 1.54) is 17.4 Å². The van der Waals surface area contributed by atoms with E-state index < -0.39 is 11.9 Å². The summed E-state index contributed by atoms with van der Waals surface area (Å²) >= 11 is 0. The fourth-order valence-electron chi connectivity index (χ4n) is 4.58. The van der Waals surface area contributed by atoms with E-state index >= 15 is 4.39 Å². The zero-order valence-corrected chi connectivity index (χ0v) is 24.8. The van der Waals surface area contributed by atoms with E-state index in [2.05, 4.69) is 46.9 Å². The monoisotopic (exact) mass is 560 g/mol. The third-order valence-electron chi connectivity index (χ3n) is 7.36. The molecule has 0 aromatic heterocycles. The van der Waals surface area contributed by atoms with Crippen molar-refractivity contribution in [3.05, 3.63) is 95.1 Å². The van der Waals surface area contributed by atoms with Crippen molar-refractivity contribution in [2.24, 2.45) is 10.8 Å². The Balaban J connectivity index is 0.000000585. The number of aromatic hydroxyl groups is 1. The summed E-state index contributed by atoms with van der Waals surface area (Å²) in [6.07, 6.45) is 2.52. The van der Waals surface area contributed by atoms with E-state index in [4.69, 9.17) is 9.47 Å². The lowest BCUT2D eigenvalue weighted by molar-refractivity contribution is -0.108. The number of hydrogen-bond acceptors (Lipinski definition) is 5. The van der Waals surface area contributed by atoms with Gasteiger partial charge >= 0.3 is 0 Å². The fourth-order valence-corrected chi connectivity index (χ4v) is 4.58. The van der Waals surface area contributed by atoms with Crippen LogP contribution in [0.25, 0.3) is 0 Å². The maximum atomic E-state index is 15.6. The second-order valence-electron chi connectivity index (χ2n) is 12.6. The highest BCUT2D eigenvalue weighted by Gasteiger charge is 2.40. The number of phenolic OH excluding ortho intramolecular Hbond substituents is 1. The number of fused-ring (bicyclic) bond motifs is 1. The molecular formula is C34H41FN2O4. The van der Waals surface area contributed by atoms with Crippen LogP contribution in [0.15, 0.2) is 78.2 Å². The molecule has 2 N–H and O–H groups in total. The molecule has 2 heterocycles. The molecule has 1 amide bonds. The number of hydrogen-bond donors (Lipinski definition) is 2. The van der Waals surface area contributed by atoms with Crippen LogP contribution in [0.1, 0.15) is 71.6 Å². The summed E-state index contributed by atoms with van der Waals surface area (Å²) in [6.45, 7) is 13.8. The SMILES string of the molecule is CC1(C)COC2=C(C1)Nc1c(O)cccc1N(C=O)C2c1ccc(OCc2ccccc2)cc1F.CCC(C)(C)C. The van der Waals surface area contributed by atoms with Gasteiger partial charge in [-0.25, -0.2) is 4.39 Å². The van der Waals surface area contributed by atoms with Gasteiger partial charge in [-0.1, -0.05) is 84.4 Å². The maximum absolute atomic E-state index is 15.6. The molecule has 0 aliphatic carbocycles. The molecule has 1 unspecified atom stereocenters. The topological polar surface area (TPSA) is 71.0 Å². The molecule has 1 atom stereocenters. The third-order valence-corrected chi connectivity index (χ3v) is 7.36. The Hall–Kier alpha value is -4.00. The van der Waals surface area contributed by atoms with Crippen LogP contribution in [-0.2, 0) is 16.1 Å². The Labute approximate surface area is 242 Å². The number of halogens is 1. The minimum Gasteiger partial charge on any atom is -0.506 e. The van der Waals surface area contributed by atoms with Crippen molar-refractivity contribution in [2.75, 3.05) is 16.8 Å². The van der Waals surface area contributed by atoms with Gasteiger partial charge in [-0.2, -0.15) is 0 Å². The van der Waals surface area contributed by atoms with Crippen molar-refractivity contribution >= 4 is 17.8 Å². The molecule has 2 aliphatic rings. The number of benzene rings is 3. The Kier molecular flexibility index (Phi) is 8.95. The molecule has 0 saturated heterocycles. The average molecular weight is 561 g/mol. The van der Waals surface area contributed by atoms with Crippen LogP contribution < -0.4 is 15.0 Å². The van der Waals surface area contributed by atoms with Gasteiger partial charge in [-0.15, -0.1) is 0 Å². The predicted molar refractivity (Wildman–Crippen MR) is 161 cm³/mol. The van der Waals surface area contributed by atoms with E-state index in [-0.39, 0.29) is 16.7 Å². The highest BCUT2D eigenvalue weighted by Crippen LogP contribution is 2.49. The lowest BCUT2D eigenvalue weighted by Crippen LogP contribution is -2.34. The highest BCUT2D eigenvalue weighted by atomic mass is 19.1. The lowest BCUT2D eigenvalue weighted by Gasteiger charge is -2.37. The third kappa shape index (κ3) is 7.20. The van der Waals surface area contributed by atoms with Gasteiger partial charge in [0.25, 0.3) is 0 Å². The van der Waals surface area contributed by atoms with Gasteiger partial charge in [0.1, 0.15) is 41.4 Å². The number of amides is 1. The molecule has 7 heteroatoms. The summed E-state index contributed by atoms with van der Waals surface area (Å²) < 4.78 is 27.6. The van der Waals surface area contributed by atoms with Crippen molar-refractivity contribution in [1.82, 2.24) is 0 Å². The van der Waals surface area contributed by atoms with E-state index in [0.717, 1.165) is 5.56 Å². The molecular weight excluding hydrogens is 519 g/mol. The first kappa shape index (κ1) is 30.0. The normalized spacial score (nSPS) is 17.5. The van der Waals surface area contributed by atoms with Crippen LogP contribution in [0.2, 0.25) is 0 Å². The van der Waals surface area contributed by atoms with Gasteiger partial charge in [-0.05, 0) is 41.7 Å². The summed E-state index contributed by atoms with van der Waals surface area (Å²) in [5.74, 6) is 0.327. The molecule has 41 heavy (non-hydrogen) atoms. The minimum absolute atomic E-state index is 0.00429. The minimum atomic E-state index is -0.850. The molecule has 6 nitrogen and oxygen atoms in total. The van der Waals surface area contributed by atoms with Crippen LogP contribution in [0, 0.1) is 16.6 Å². The van der Waals surface area contributed by atoms with Gasteiger partial charge in [0.05, 0.1) is 18.0 Å². The highest BCUT2D eigenvalue weighted by molar-refractivity contribution is 5.90. The fraction of sp³-hybridized carbons (Fsp3) is 0.382. The molecule has 3 aromatic rings. The molecule has 0 fully saturated rings. The Morgan fingerprint density at radius 1 is 1.12 bits per heavy atom. The summed E-state index contributed by atoms with van der Waals surface area (Å²) in [5.41, 5.74) is 3.15. The summed E-state index contributed by atoms with van der Waals surface area (Å²) in [7, 11) is 0. The molecule has 2 aliphatic heterocycles. The number of carbonyl (C=O) groups excluding carboxylic acids is 1. The van der Waals surface area contributed by atoms with Crippen LogP contribution in [-0.4, -0.2) is 18.1 Å². The molecule has 3 aromatic carbocycles. The first-order chi connectivity index (χ1) is 19.4. The second-order valence-corrected chi connectivity index (χ2v) is 12.6. The van der Waals surface area contributed by atoms with Crippen LogP contribution in [0.5, 0.6) is 11.5 Å². The first-order valence-corrected chi connectivity index (χ1v) is 14.1. The first-order valence-electron chi connectivity index (χ1n) is 14.1. The van der Waals surface area contributed by atoms with Gasteiger partial charge < -0.3 is 19.9 Å². The van der Waals surface area contributed by atoms with Crippen molar-refractivity contribution in [3.8, 4) is 11.5 Å². The van der Waals surface area contributed by atoms with Gasteiger partial charge in [-0.3, -0.25) is 9.69 Å². The summed E-state index contributed by atoms with van der Waals surface area (Å²) in [5, 5.41) is 13.8. The van der Waals surface area contributed by atoms with Gasteiger partial charge in [0, 0.05) is 17.0 Å². The molecule has 0 saturated carbocycles. The number of anilines is 2. The van der Waals surface area contributed by atoms with Crippen molar-refractivity contribution in [3.63, 3.8) is 0 Å². The number of rotatable bonds is 5. The zero-order valence-electron chi connectivity index (χ0n) is 24.8. The standard InChI is InChI=1S/C28H27FN2O4.C6H14/c1-28(2)14-22-27(35-16-28)26(31(17-32)23-9-6-10-24(33)25(23)30-22)20-12-11-19(13-21(20)29)34-15-18-7-4-3-5-8-18;1-5-6(2,3)4/h3-13,17,26,30,33H,14-16H2,1-2H3;5H2,1-4H3. The Morgan fingerprint density at radius 3 is 2.46 bits per heavy atom. The van der Waals surface area contributed by atoms with E-state index in [0.29, 0.717) is 60.0 Å². The quantitative estimate of drug-likeness (QED) is 0.242. The van der Waals surface area contributed by atoms with E-state index in [9.17, 15) is 9.90 Å². The molecule has 218 valence electrons. The second kappa shape index (κ2) is 12.2. The molecule has 5 rings (SSSR count). The van der Waals surface area contributed by atoms with Crippen molar-refractivity contribution < 1.29 is 23.8 Å². The molecule has 0 spiro atoms. The molecule has 0 bridgehead atoms. The number of para-hydroxylation sites is 1. The number of phenols is 1. The smallest absolute Gasteiger partial charge is 0.215 e.